The highest BCUT2D eigenvalue weighted by atomic mass is 79.9. The molecule has 0 saturated carbocycles. The number of amides is 1. The fraction of sp³-hybridized carbons (Fsp3) is 0.500. The summed E-state index contributed by atoms with van der Waals surface area (Å²) in [4.78, 5) is 14.1. The van der Waals surface area contributed by atoms with Crippen LogP contribution in [0.5, 0.6) is 5.75 Å². The van der Waals surface area contributed by atoms with Crippen LogP contribution in [-0.2, 0) is 16.0 Å². The van der Waals surface area contributed by atoms with E-state index in [1.54, 1.807) is 18.2 Å². The Kier molecular flexibility index (Phi) is 4.82. The Balaban J connectivity index is 2.01. The molecule has 2 atom stereocenters. The van der Waals surface area contributed by atoms with E-state index in [0.717, 1.165) is 5.33 Å². The van der Waals surface area contributed by atoms with Gasteiger partial charge in [-0.2, -0.15) is 0 Å². The van der Waals surface area contributed by atoms with Gasteiger partial charge < -0.3 is 14.7 Å². The number of alkyl halides is 1. The maximum atomic E-state index is 12.3. The molecule has 1 amide bonds. The fourth-order valence-corrected chi connectivity index (χ4v) is 2.63. The number of para-hydroxylation sites is 1. The van der Waals surface area contributed by atoms with Crippen molar-refractivity contribution in [1.29, 1.82) is 0 Å². The summed E-state index contributed by atoms with van der Waals surface area (Å²) in [6.07, 6.45) is 0.315. The van der Waals surface area contributed by atoms with Crippen LogP contribution in [0.15, 0.2) is 24.3 Å². The van der Waals surface area contributed by atoms with Gasteiger partial charge in [-0.25, -0.2) is 0 Å². The monoisotopic (exact) mass is 327 g/mol. The Morgan fingerprint density at radius 3 is 2.89 bits per heavy atom. The standard InChI is InChI=1S/C14H18BrNO3/c1-10-8-16(9-12(7-15)19-10)14(18)6-11-4-2-3-5-13(11)17/h2-5,10,12,17H,6-9H2,1H3. The minimum Gasteiger partial charge on any atom is -0.508 e. The van der Waals surface area contributed by atoms with E-state index < -0.39 is 0 Å². The van der Waals surface area contributed by atoms with Crippen LogP contribution >= 0.6 is 15.9 Å². The molecule has 104 valence electrons. The predicted octanol–water partition coefficient (Wildman–Crippen LogP) is 1.95. The minimum absolute atomic E-state index is 0.0302. The van der Waals surface area contributed by atoms with Crippen molar-refractivity contribution in [2.75, 3.05) is 18.4 Å². The molecule has 1 aliphatic heterocycles. The number of carbonyl (C=O) groups is 1. The first kappa shape index (κ1) is 14.3. The zero-order valence-electron chi connectivity index (χ0n) is 10.9. The molecule has 0 spiro atoms. The van der Waals surface area contributed by atoms with E-state index in [1.807, 2.05) is 17.9 Å². The van der Waals surface area contributed by atoms with Crippen molar-refractivity contribution in [2.24, 2.45) is 0 Å². The Hall–Kier alpha value is -1.07. The molecule has 4 nitrogen and oxygen atoms in total. The van der Waals surface area contributed by atoms with Crippen LogP contribution in [0.25, 0.3) is 0 Å². The quantitative estimate of drug-likeness (QED) is 0.863. The zero-order chi connectivity index (χ0) is 13.8. The van der Waals surface area contributed by atoms with Crippen molar-refractivity contribution >= 4 is 21.8 Å². The molecule has 1 aromatic rings. The highest BCUT2D eigenvalue weighted by molar-refractivity contribution is 9.09. The molecule has 19 heavy (non-hydrogen) atoms. The molecule has 1 N–H and O–H groups in total. The van der Waals surface area contributed by atoms with Gasteiger partial charge in [0.15, 0.2) is 0 Å². The number of nitrogens with zero attached hydrogens (tertiary/aromatic N) is 1. The molecule has 0 aromatic heterocycles. The molecule has 0 bridgehead atoms. The summed E-state index contributed by atoms with van der Waals surface area (Å²) < 4.78 is 5.70. The number of phenols is 1. The molecule has 5 heteroatoms. The SMILES string of the molecule is CC1CN(C(=O)Cc2ccccc2O)CC(CBr)O1. The summed E-state index contributed by atoms with van der Waals surface area (Å²) in [6.45, 7) is 3.17. The lowest BCUT2D eigenvalue weighted by molar-refractivity contribution is -0.142. The molecule has 1 heterocycles. The molecule has 2 rings (SSSR count). The summed E-state index contributed by atoms with van der Waals surface area (Å²) in [5.41, 5.74) is 0.669. The van der Waals surface area contributed by atoms with E-state index in [0.29, 0.717) is 18.7 Å². The Morgan fingerprint density at radius 2 is 2.21 bits per heavy atom. The number of hydrogen-bond acceptors (Lipinski definition) is 3. The number of carbonyl (C=O) groups excluding carboxylic acids is 1. The number of halogens is 1. The molecule has 0 aliphatic carbocycles. The van der Waals surface area contributed by atoms with Crippen LogP contribution in [0.3, 0.4) is 0 Å². The van der Waals surface area contributed by atoms with Crippen LogP contribution in [0.4, 0.5) is 0 Å². The van der Waals surface area contributed by atoms with Gasteiger partial charge in [0.2, 0.25) is 5.91 Å². The average Bonchev–Trinajstić information content (AvgIpc) is 2.40. The lowest BCUT2D eigenvalue weighted by Crippen LogP contribution is -2.50. The van der Waals surface area contributed by atoms with Crippen LogP contribution < -0.4 is 0 Å². The van der Waals surface area contributed by atoms with Gasteiger partial charge in [-0.15, -0.1) is 0 Å². The molecule has 2 unspecified atom stereocenters. The Morgan fingerprint density at radius 1 is 1.47 bits per heavy atom. The zero-order valence-corrected chi connectivity index (χ0v) is 12.5. The van der Waals surface area contributed by atoms with Crippen molar-refractivity contribution in [3.8, 4) is 5.75 Å². The summed E-state index contributed by atoms with van der Waals surface area (Å²) in [7, 11) is 0. The molecular formula is C14H18BrNO3. The van der Waals surface area contributed by atoms with Crippen molar-refractivity contribution in [3.05, 3.63) is 29.8 Å². The first-order valence-corrected chi connectivity index (χ1v) is 7.48. The van der Waals surface area contributed by atoms with Crippen molar-refractivity contribution < 1.29 is 14.6 Å². The summed E-state index contributed by atoms with van der Waals surface area (Å²) in [6, 6.07) is 6.96. The highest BCUT2D eigenvalue weighted by Crippen LogP contribution is 2.19. The van der Waals surface area contributed by atoms with Crippen molar-refractivity contribution in [1.82, 2.24) is 4.90 Å². The van der Waals surface area contributed by atoms with Crippen LogP contribution in [-0.4, -0.2) is 46.5 Å². The third-order valence-corrected chi connectivity index (χ3v) is 3.91. The predicted molar refractivity (Wildman–Crippen MR) is 76.5 cm³/mol. The average molecular weight is 328 g/mol. The van der Waals surface area contributed by atoms with E-state index in [9.17, 15) is 9.90 Å². The van der Waals surface area contributed by atoms with Gasteiger partial charge >= 0.3 is 0 Å². The third-order valence-electron chi connectivity index (χ3n) is 3.18. The second-order valence-corrected chi connectivity index (χ2v) is 5.47. The van der Waals surface area contributed by atoms with Gasteiger partial charge in [0.25, 0.3) is 0 Å². The van der Waals surface area contributed by atoms with Gasteiger partial charge in [0.1, 0.15) is 5.75 Å². The van der Waals surface area contributed by atoms with E-state index in [1.165, 1.54) is 0 Å². The lowest BCUT2D eigenvalue weighted by atomic mass is 10.1. The van der Waals surface area contributed by atoms with Crippen molar-refractivity contribution in [3.63, 3.8) is 0 Å². The van der Waals surface area contributed by atoms with Gasteiger partial charge in [-0.05, 0) is 13.0 Å². The number of aromatic hydroxyl groups is 1. The number of phenolic OH excluding ortho intramolecular Hbond substituents is 1. The van der Waals surface area contributed by atoms with E-state index in [-0.39, 0.29) is 30.3 Å². The maximum Gasteiger partial charge on any atom is 0.227 e. The fourth-order valence-electron chi connectivity index (χ4n) is 2.27. The summed E-state index contributed by atoms with van der Waals surface area (Å²) in [5, 5.41) is 10.4. The maximum absolute atomic E-state index is 12.3. The topological polar surface area (TPSA) is 49.8 Å². The normalized spacial score (nSPS) is 23.4. The molecule has 1 aromatic carbocycles. The summed E-state index contributed by atoms with van der Waals surface area (Å²) in [5.74, 6) is 0.205. The second-order valence-electron chi connectivity index (χ2n) is 4.83. The smallest absolute Gasteiger partial charge is 0.227 e. The van der Waals surface area contributed by atoms with Gasteiger partial charge in [-0.3, -0.25) is 4.79 Å². The second kappa shape index (κ2) is 6.39. The minimum atomic E-state index is 0.0302. The molecule has 0 radical (unpaired) electrons. The Labute approximate surface area is 121 Å². The Bertz CT molecular complexity index is 452. The molecule has 1 aliphatic rings. The highest BCUT2D eigenvalue weighted by Gasteiger charge is 2.27. The third kappa shape index (κ3) is 3.70. The first-order chi connectivity index (χ1) is 9.10. The molecule has 1 fully saturated rings. The largest absolute Gasteiger partial charge is 0.508 e. The van der Waals surface area contributed by atoms with Crippen LogP contribution in [0.2, 0.25) is 0 Å². The number of hydrogen-bond donors (Lipinski definition) is 1. The van der Waals surface area contributed by atoms with E-state index >= 15 is 0 Å². The number of rotatable bonds is 3. The summed E-state index contributed by atoms with van der Waals surface area (Å²) >= 11 is 3.39. The van der Waals surface area contributed by atoms with Gasteiger partial charge in [0, 0.05) is 24.0 Å². The lowest BCUT2D eigenvalue weighted by Gasteiger charge is -2.36. The van der Waals surface area contributed by atoms with Gasteiger partial charge in [-0.1, -0.05) is 34.1 Å². The molecular weight excluding hydrogens is 310 g/mol. The van der Waals surface area contributed by atoms with Crippen molar-refractivity contribution in [2.45, 2.75) is 25.6 Å². The number of benzene rings is 1. The molecule has 1 saturated heterocycles. The first-order valence-electron chi connectivity index (χ1n) is 6.36. The number of ether oxygens (including phenoxy) is 1. The van der Waals surface area contributed by atoms with E-state index in [2.05, 4.69) is 15.9 Å². The number of morpholine rings is 1. The van der Waals surface area contributed by atoms with E-state index in [4.69, 9.17) is 4.74 Å². The van der Waals surface area contributed by atoms with Crippen LogP contribution in [0, 0.1) is 0 Å². The van der Waals surface area contributed by atoms with Crippen LogP contribution in [0.1, 0.15) is 12.5 Å². The van der Waals surface area contributed by atoms with Gasteiger partial charge in [0.05, 0.1) is 18.6 Å².